The number of carbonyl (C=O) groups excluding carboxylic acids is 1. The summed E-state index contributed by atoms with van der Waals surface area (Å²) in [4.78, 5) is 14.7. The fourth-order valence-corrected chi connectivity index (χ4v) is 2.98. The number of nitrogens with zero attached hydrogens (tertiary/aromatic N) is 1. The number of carbonyl (C=O) groups is 1. The molecule has 2 rings (SSSR count). The van der Waals surface area contributed by atoms with Crippen molar-refractivity contribution in [3.05, 3.63) is 0 Å². The summed E-state index contributed by atoms with van der Waals surface area (Å²) in [6, 6.07) is 0.501. The molecule has 1 heterocycles. The van der Waals surface area contributed by atoms with Crippen LogP contribution in [0.2, 0.25) is 0 Å². The molecule has 98 valence electrons. The van der Waals surface area contributed by atoms with Crippen molar-refractivity contribution in [2.75, 3.05) is 0 Å². The van der Waals surface area contributed by atoms with Gasteiger partial charge in [-0.05, 0) is 31.6 Å². The Morgan fingerprint density at radius 3 is 2.53 bits per heavy atom. The molecule has 4 atom stereocenters. The largest absolute Gasteiger partial charge is 0.322 e. The Morgan fingerprint density at radius 2 is 2.12 bits per heavy atom. The summed E-state index contributed by atoms with van der Waals surface area (Å²) in [6.07, 6.45) is 3.50. The highest BCUT2D eigenvalue weighted by molar-refractivity contribution is 5.89. The van der Waals surface area contributed by atoms with Crippen molar-refractivity contribution in [1.82, 2.24) is 10.2 Å². The van der Waals surface area contributed by atoms with Crippen molar-refractivity contribution < 1.29 is 4.79 Å². The van der Waals surface area contributed by atoms with Crippen molar-refractivity contribution in [2.45, 2.75) is 71.6 Å². The standard InChI is InChI=1S/C14H26N2O/c1-6-10-8-11(10)16-12(9(3)4)15-14(5,7-2)13(16)17/h9-12,15H,6-8H2,1-5H3. The van der Waals surface area contributed by atoms with Gasteiger partial charge in [0, 0.05) is 6.04 Å². The van der Waals surface area contributed by atoms with E-state index in [4.69, 9.17) is 0 Å². The van der Waals surface area contributed by atoms with Crippen LogP contribution in [0.15, 0.2) is 0 Å². The van der Waals surface area contributed by atoms with Gasteiger partial charge in [-0.15, -0.1) is 0 Å². The van der Waals surface area contributed by atoms with E-state index in [2.05, 4.69) is 37.9 Å². The van der Waals surface area contributed by atoms with Gasteiger partial charge in [-0.1, -0.05) is 34.1 Å². The molecule has 1 N–H and O–H groups in total. The first-order valence-corrected chi connectivity index (χ1v) is 7.05. The Labute approximate surface area is 105 Å². The summed E-state index contributed by atoms with van der Waals surface area (Å²) in [5.41, 5.74) is -0.337. The molecule has 2 fully saturated rings. The van der Waals surface area contributed by atoms with E-state index in [0.717, 1.165) is 12.3 Å². The van der Waals surface area contributed by atoms with E-state index >= 15 is 0 Å². The van der Waals surface area contributed by atoms with E-state index in [1.54, 1.807) is 0 Å². The third-order valence-electron chi connectivity index (χ3n) is 4.58. The first-order chi connectivity index (χ1) is 7.94. The van der Waals surface area contributed by atoms with E-state index in [0.29, 0.717) is 17.9 Å². The van der Waals surface area contributed by atoms with Crippen molar-refractivity contribution in [3.8, 4) is 0 Å². The molecule has 1 aliphatic heterocycles. The minimum Gasteiger partial charge on any atom is -0.322 e. The van der Waals surface area contributed by atoms with Gasteiger partial charge >= 0.3 is 0 Å². The molecule has 17 heavy (non-hydrogen) atoms. The second-order valence-electron chi connectivity index (χ2n) is 6.20. The molecule has 1 saturated carbocycles. The van der Waals surface area contributed by atoms with Gasteiger partial charge < -0.3 is 4.90 Å². The Kier molecular flexibility index (Phi) is 3.23. The zero-order chi connectivity index (χ0) is 12.8. The molecule has 0 bridgehead atoms. The lowest BCUT2D eigenvalue weighted by atomic mass is 9.99. The first kappa shape index (κ1) is 12.9. The zero-order valence-electron chi connectivity index (χ0n) is 11.8. The van der Waals surface area contributed by atoms with E-state index < -0.39 is 0 Å². The number of hydrogen-bond acceptors (Lipinski definition) is 2. The lowest BCUT2D eigenvalue weighted by Gasteiger charge is -2.27. The van der Waals surface area contributed by atoms with Crippen molar-refractivity contribution >= 4 is 5.91 Å². The van der Waals surface area contributed by atoms with Crippen molar-refractivity contribution in [3.63, 3.8) is 0 Å². The van der Waals surface area contributed by atoms with Crippen molar-refractivity contribution in [2.24, 2.45) is 11.8 Å². The van der Waals surface area contributed by atoms with E-state index in [1.807, 2.05) is 6.92 Å². The molecule has 0 aromatic carbocycles. The molecule has 2 aliphatic rings. The topological polar surface area (TPSA) is 32.3 Å². The maximum atomic E-state index is 12.6. The SMILES string of the molecule is CCC1CC1N1C(=O)C(C)(CC)NC1C(C)C. The number of amides is 1. The molecule has 4 unspecified atom stereocenters. The van der Waals surface area contributed by atoms with Crippen LogP contribution in [-0.4, -0.2) is 28.6 Å². The van der Waals surface area contributed by atoms with Crippen LogP contribution in [-0.2, 0) is 4.79 Å². The van der Waals surface area contributed by atoms with Gasteiger partial charge in [0.15, 0.2) is 0 Å². The average molecular weight is 238 g/mol. The summed E-state index contributed by atoms with van der Waals surface area (Å²) in [5.74, 6) is 1.53. The summed E-state index contributed by atoms with van der Waals surface area (Å²) in [5, 5.41) is 3.56. The van der Waals surface area contributed by atoms with Crippen LogP contribution in [0, 0.1) is 11.8 Å². The molecule has 0 radical (unpaired) electrons. The lowest BCUT2D eigenvalue weighted by Crippen LogP contribution is -2.45. The van der Waals surface area contributed by atoms with Gasteiger partial charge in [0.1, 0.15) is 0 Å². The van der Waals surface area contributed by atoms with Crippen LogP contribution in [0.25, 0.3) is 0 Å². The van der Waals surface area contributed by atoms with Gasteiger partial charge in [0.05, 0.1) is 11.7 Å². The van der Waals surface area contributed by atoms with Crippen LogP contribution in [0.5, 0.6) is 0 Å². The molecule has 0 spiro atoms. The van der Waals surface area contributed by atoms with Crippen LogP contribution < -0.4 is 5.32 Å². The highest BCUT2D eigenvalue weighted by Crippen LogP contribution is 2.43. The molecule has 3 nitrogen and oxygen atoms in total. The van der Waals surface area contributed by atoms with E-state index in [-0.39, 0.29) is 11.7 Å². The Balaban J connectivity index is 2.19. The fraction of sp³-hybridized carbons (Fsp3) is 0.929. The van der Waals surface area contributed by atoms with E-state index in [9.17, 15) is 4.79 Å². The van der Waals surface area contributed by atoms with Gasteiger partial charge in [0.25, 0.3) is 0 Å². The number of rotatable bonds is 4. The third kappa shape index (κ3) is 1.99. The molecular formula is C14H26N2O. The average Bonchev–Trinajstić information content (AvgIpc) is 3.01. The summed E-state index contributed by atoms with van der Waals surface area (Å²) in [6.45, 7) is 10.8. The minimum atomic E-state index is -0.337. The maximum Gasteiger partial charge on any atom is 0.244 e. The number of nitrogens with one attached hydrogen (secondary N) is 1. The Morgan fingerprint density at radius 1 is 1.47 bits per heavy atom. The number of hydrogen-bond donors (Lipinski definition) is 1. The van der Waals surface area contributed by atoms with Gasteiger partial charge in [-0.2, -0.15) is 0 Å². The molecule has 1 amide bonds. The highest BCUT2D eigenvalue weighted by atomic mass is 16.2. The van der Waals surface area contributed by atoms with Crippen molar-refractivity contribution in [1.29, 1.82) is 0 Å². The minimum absolute atomic E-state index is 0.231. The molecule has 1 saturated heterocycles. The summed E-state index contributed by atoms with van der Waals surface area (Å²) < 4.78 is 0. The van der Waals surface area contributed by atoms with Crippen LogP contribution in [0.3, 0.4) is 0 Å². The lowest BCUT2D eigenvalue weighted by molar-refractivity contribution is -0.134. The van der Waals surface area contributed by atoms with E-state index in [1.165, 1.54) is 12.8 Å². The molecular weight excluding hydrogens is 212 g/mol. The second kappa shape index (κ2) is 4.27. The molecule has 0 aromatic rings. The fourth-order valence-electron chi connectivity index (χ4n) is 2.98. The monoisotopic (exact) mass is 238 g/mol. The van der Waals surface area contributed by atoms with Gasteiger partial charge in [0.2, 0.25) is 5.91 Å². The smallest absolute Gasteiger partial charge is 0.244 e. The first-order valence-electron chi connectivity index (χ1n) is 7.05. The molecule has 0 aromatic heterocycles. The zero-order valence-corrected chi connectivity index (χ0v) is 11.8. The highest BCUT2D eigenvalue weighted by Gasteiger charge is 2.55. The normalized spacial score (nSPS) is 41.4. The van der Waals surface area contributed by atoms with Crippen LogP contribution in [0.4, 0.5) is 0 Å². The predicted molar refractivity (Wildman–Crippen MR) is 69.5 cm³/mol. The maximum absolute atomic E-state index is 12.6. The summed E-state index contributed by atoms with van der Waals surface area (Å²) >= 11 is 0. The second-order valence-corrected chi connectivity index (χ2v) is 6.20. The quantitative estimate of drug-likeness (QED) is 0.815. The summed E-state index contributed by atoms with van der Waals surface area (Å²) in [7, 11) is 0. The van der Waals surface area contributed by atoms with Crippen LogP contribution in [0.1, 0.15) is 53.9 Å². The van der Waals surface area contributed by atoms with Gasteiger partial charge in [-0.3, -0.25) is 10.1 Å². The molecule has 3 heteroatoms. The predicted octanol–water partition coefficient (Wildman–Crippen LogP) is 2.37. The third-order valence-corrected chi connectivity index (χ3v) is 4.58. The van der Waals surface area contributed by atoms with Crippen LogP contribution >= 0.6 is 0 Å². The van der Waals surface area contributed by atoms with Gasteiger partial charge in [-0.25, -0.2) is 0 Å². The Hall–Kier alpha value is -0.570. The molecule has 1 aliphatic carbocycles. The Bertz CT molecular complexity index is 315.